The van der Waals surface area contributed by atoms with Crippen molar-refractivity contribution in [2.24, 2.45) is 0 Å². The fourth-order valence-electron chi connectivity index (χ4n) is 2.60. The van der Waals surface area contributed by atoms with Crippen molar-refractivity contribution in [1.82, 2.24) is 4.98 Å². The third kappa shape index (κ3) is 4.12. The number of benzene rings is 2. The molecule has 4 nitrogen and oxygen atoms in total. The third-order valence-corrected chi connectivity index (χ3v) is 3.93. The van der Waals surface area contributed by atoms with E-state index < -0.39 is 0 Å². The minimum Gasteiger partial charge on any atom is -0.441 e. The van der Waals surface area contributed by atoms with Gasteiger partial charge in [0.05, 0.1) is 11.8 Å². The molecule has 1 N–H and O–H groups in total. The molecule has 0 saturated heterocycles. The van der Waals surface area contributed by atoms with E-state index in [1.165, 1.54) is 12.3 Å². The largest absolute Gasteiger partial charge is 0.441 e. The van der Waals surface area contributed by atoms with Gasteiger partial charge in [0.2, 0.25) is 5.91 Å². The molecule has 5 heteroatoms. The molecule has 0 spiro atoms. The average Bonchev–Trinajstić information content (AvgIpc) is 3.09. The topological polar surface area (TPSA) is 55.1 Å². The van der Waals surface area contributed by atoms with Crippen molar-refractivity contribution >= 4 is 11.6 Å². The Morgan fingerprint density at radius 3 is 2.72 bits per heavy atom. The van der Waals surface area contributed by atoms with Gasteiger partial charge in [-0.3, -0.25) is 4.79 Å². The molecule has 0 bridgehead atoms. The first kappa shape index (κ1) is 16.9. The van der Waals surface area contributed by atoms with Gasteiger partial charge in [-0.05, 0) is 30.2 Å². The highest BCUT2D eigenvalue weighted by Crippen LogP contribution is 2.23. The number of anilines is 1. The van der Waals surface area contributed by atoms with Crippen LogP contribution in [0.5, 0.6) is 0 Å². The Morgan fingerprint density at radius 1 is 1.16 bits per heavy atom. The summed E-state index contributed by atoms with van der Waals surface area (Å²) in [5.74, 6) is 0.313. The second kappa shape index (κ2) is 7.75. The highest BCUT2D eigenvalue weighted by molar-refractivity contribution is 5.91. The molecule has 0 aliphatic heterocycles. The van der Waals surface area contributed by atoms with Gasteiger partial charge in [0, 0.05) is 18.5 Å². The zero-order valence-corrected chi connectivity index (χ0v) is 14.0. The van der Waals surface area contributed by atoms with E-state index >= 15 is 0 Å². The third-order valence-electron chi connectivity index (χ3n) is 3.93. The molecule has 0 unspecified atom stereocenters. The molecule has 25 heavy (non-hydrogen) atoms. The molecular weight excluding hydrogens is 319 g/mol. The Morgan fingerprint density at radius 2 is 1.92 bits per heavy atom. The lowest BCUT2D eigenvalue weighted by molar-refractivity contribution is -0.116. The van der Waals surface area contributed by atoms with Crippen LogP contribution in [0.1, 0.15) is 24.8 Å². The molecule has 2 aromatic carbocycles. The summed E-state index contributed by atoms with van der Waals surface area (Å²) in [6.07, 6.45) is 2.93. The molecule has 3 rings (SSSR count). The maximum absolute atomic E-state index is 13.8. The molecule has 1 aromatic heterocycles. The van der Waals surface area contributed by atoms with Gasteiger partial charge < -0.3 is 9.73 Å². The van der Waals surface area contributed by atoms with Gasteiger partial charge >= 0.3 is 0 Å². The summed E-state index contributed by atoms with van der Waals surface area (Å²) in [4.78, 5) is 16.3. The molecule has 3 aromatic rings. The van der Waals surface area contributed by atoms with Crippen LogP contribution in [0, 0.1) is 5.82 Å². The lowest BCUT2D eigenvalue weighted by atomic mass is 10.1. The quantitative estimate of drug-likeness (QED) is 0.714. The summed E-state index contributed by atoms with van der Waals surface area (Å²) in [5, 5.41) is 2.91. The second-order valence-electron chi connectivity index (χ2n) is 5.66. The van der Waals surface area contributed by atoms with Crippen LogP contribution in [-0.4, -0.2) is 10.9 Å². The van der Waals surface area contributed by atoms with E-state index in [1.807, 2.05) is 31.2 Å². The zero-order chi connectivity index (χ0) is 17.6. The number of carbonyl (C=O) groups excluding carboxylic acids is 1. The minimum atomic E-state index is -0.362. The summed E-state index contributed by atoms with van der Waals surface area (Å²) in [5.41, 5.74) is 2.28. The maximum Gasteiger partial charge on any atom is 0.224 e. The summed E-state index contributed by atoms with van der Waals surface area (Å²) in [7, 11) is 0. The SMILES string of the molecule is CCc1ccccc1NC(=O)CCc1ncc(-c2ccccc2F)o1. The number of carbonyl (C=O) groups is 1. The average molecular weight is 338 g/mol. The number of oxazole rings is 1. The van der Waals surface area contributed by atoms with E-state index in [2.05, 4.69) is 10.3 Å². The monoisotopic (exact) mass is 338 g/mol. The first-order valence-corrected chi connectivity index (χ1v) is 8.24. The maximum atomic E-state index is 13.8. The smallest absolute Gasteiger partial charge is 0.224 e. The van der Waals surface area contributed by atoms with Crippen LogP contribution in [0.2, 0.25) is 0 Å². The van der Waals surface area contributed by atoms with Crippen molar-refractivity contribution in [3.8, 4) is 11.3 Å². The Labute approximate surface area is 145 Å². The molecule has 1 amide bonds. The van der Waals surface area contributed by atoms with Crippen LogP contribution < -0.4 is 5.32 Å². The number of para-hydroxylation sites is 1. The van der Waals surface area contributed by atoms with Crippen LogP contribution in [0.25, 0.3) is 11.3 Å². The summed E-state index contributed by atoms with van der Waals surface area (Å²) < 4.78 is 19.3. The van der Waals surface area contributed by atoms with E-state index in [-0.39, 0.29) is 18.1 Å². The Kier molecular flexibility index (Phi) is 5.23. The van der Waals surface area contributed by atoms with Crippen molar-refractivity contribution in [3.05, 3.63) is 72.0 Å². The number of hydrogen-bond donors (Lipinski definition) is 1. The first-order valence-electron chi connectivity index (χ1n) is 8.24. The minimum absolute atomic E-state index is 0.105. The molecule has 0 saturated carbocycles. The fourth-order valence-corrected chi connectivity index (χ4v) is 2.60. The first-order chi connectivity index (χ1) is 12.2. The van der Waals surface area contributed by atoms with Gasteiger partial charge in [0.1, 0.15) is 5.82 Å². The van der Waals surface area contributed by atoms with Gasteiger partial charge in [-0.2, -0.15) is 0 Å². The standard InChI is InChI=1S/C20H19FN2O2/c1-2-14-7-3-6-10-17(14)23-19(24)11-12-20-22-13-18(25-20)15-8-4-5-9-16(15)21/h3-10,13H,2,11-12H2,1H3,(H,23,24). The van der Waals surface area contributed by atoms with Gasteiger partial charge in [-0.15, -0.1) is 0 Å². The van der Waals surface area contributed by atoms with Crippen LogP contribution in [0.4, 0.5) is 10.1 Å². The Bertz CT molecular complexity index is 873. The highest BCUT2D eigenvalue weighted by Gasteiger charge is 2.12. The normalized spacial score (nSPS) is 10.6. The predicted octanol–water partition coefficient (Wildman–Crippen LogP) is 4.61. The van der Waals surface area contributed by atoms with Crippen molar-refractivity contribution in [2.45, 2.75) is 26.2 Å². The van der Waals surface area contributed by atoms with Gasteiger partial charge in [-0.1, -0.05) is 37.3 Å². The van der Waals surface area contributed by atoms with E-state index in [4.69, 9.17) is 4.42 Å². The van der Waals surface area contributed by atoms with E-state index in [0.29, 0.717) is 23.6 Å². The molecule has 0 aliphatic rings. The Hall–Kier alpha value is -2.95. The van der Waals surface area contributed by atoms with Gasteiger partial charge in [-0.25, -0.2) is 9.37 Å². The molecule has 0 radical (unpaired) electrons. The van der Waals surface area contributed by atoms with Crippen LogP contribution in [-0.2, 0) is 17.6 Å². The number of nitrogens with zero attached hydrogens (tertiary/aromatic N) is 1. The number of nitrogens with one attached hydrogen (secondary N) is 1. The van der Waals surface area contributed by atoms with Crippen molar-refractivity contribution in [1.29, 1.82) is 0 Å². The molecular formula is C20H19FN2O2. The van der Waals surface area contributed by atoms with Crippen LogP contribution >= 0.6 is 0 Å². The fraction of sp³-hybridized carbons (Fsp3) is 0.200. The summed E-state index contributed by atoms with van der Waals surface area (Å²) in [6, 6.07) is 14.1. The molecule has 128 valence electrons. The number of halogens is 1. The number of amides is 1. The molecule has 0 aliphatic carbocycles. The second-order valence-corrected chi connectivity index (χ2v) is 5.66. The zero-order valence-electron chi connectivity index (χ0n) is 14.0. The lowest BCUT2D eigenvalue weighted by Crippen LogP contribution is -2.13. The molecule has 0 atom stereocenters. The lowest BCUT2D eigenvalue weighted by Gasteiger charge is -2.08. The van der Waals surface area contributed by atoms with E-state index in [0.717, 1.165) is 17.7 Å². The van der Waals surface area contributed by atoms with Crippen molar-refractivity contribution < 1.29 is 13.6 Å². The number of hydrogen-bond acceptors (Lipinski definition) is 3. The van der Waals surface area contributed by atoms with Crippen molar-refractivity contribution in [2.75, 3.05) is 5.32 Å². The van der Waals surface area contributed by atoms with Crippen LogP contribution in [0.3, 0.4) is 0 Å². The van der Waals surface area contributed by atoms with Gasteiger partial charge in [0.15, 0.2) is 11.7 Å². The number of aryl methyl sites for hydroxylation is 2. The van der Waals surface area contributed by atoms with E-state index in [9.17, 15) is 9.18 Å². The van der Waals surface area contributed by atoms with E-state index in [1.54, 1.807) is 18.2 Å². The molecule has 0 fully saturated rings. The number of aromatic nitrogens is 1. The summed E-state index contributed by atoms with van der Waals surface area (Å²) >= 11 is 0. The number of rotatable bonds is 6. The summed E-state index contributed by atoms with van der Waals surface area (Å²) in [6.45, 7) is 2.04. The van der Waals surface area contributed by atoms with Gasteiger partial charge in [0.25, 0.3) is 0 Å². The van der Waals surface area contributed by atoms with Crippen LogP contribution in [0.15, 0.2) is 59.1 Å². The highest BCUT2D eigenvalue weighted by atomic mass is 19.1. The van der Waals surface area contributed by atoms with Crippen molar-refractivity contribution in [3.63, 3.8) is 0 Å². The Balaban J connectivity index is 1.61. The molecule has 1 heterocycles. The predicted molar refractivity (Wildman–Crippen MR) is 94.7 cm³/mol.